The number of nitrogens with one attached hydrogen (secondary N) is 1. The second kappa shape index (κ2) is 7.50. The number of aromatic nitrogens is 2. The maximum absolute atomic E-state index is 5.22. The first-order chi connectivity index (χ1) is 16.2. The van der Waals surface area contributed by atoms with Crippen molar-refractivity contribution in [3.8, 4) is 0 Å². The van der Waals surface area contributed by atoms with Crippen LogP contribution in [0.15, 0.2) is 51.7 Å². The van der Waals surface area contributed by atoms with Gasteiger partial charge in [0.2, 0.25) is 5.95 Å². The molecule has 1 N–H and O–H groups in total. The molecule has 0 amide bonds. The molecule has 1 spiro atoms. The molecule has 2 saturated heterocycles. The third-order valence-electron chi connectivity index (χ3n) is 7.42. The lowest BCUT2D eigenvalue weighted by Crippen LogP contribution is -2.71. The number of hydrogen-bond donors (Lipinski definition) is 1. The lowest BCUT2D eigenvalue weighted by atomic mass is 9.74. The van der Waals surface area contributed by atoms with Crippen LogP contribution in [0.3, 0.4) is 0 Å². The van der Waals surface area contributed by atoms with E-state index in [-0.39, 0.29) is 10.7 Å². The van der Waals surface area contributed by atoms with Gasteiger partial charge in [0.15, 0.2) is 0 Å². The summed E-state index contributed by atoms with van der Waals surface area (Å²) in [5.74, 6) is 3.02. The smallest absolute Gasteiger partial charge is 0.228 e. The van der Waals surface area contributed by atoms with Crippen molar-refractivity contribution in [2.75, 3.05) is 48.3 Å². The molecule has 33 heavy (non-hydrogen) atoms. The minimum absolute atomic E-state index is 0.0274. The van der Waals surface area contributed by atoms with Gasteiger partial charge in [0.05, 0.1) is 11.6 Å². The van der Waals surface area contributed by atoms with Crippen LogP contribution in [0.2, 0.25) is 0 Å². The zero-order chi connectivity index (χ0) is 22.0. The van der Waals surface area contributed by atoms with Crippen LogP contribution in [0, 0.1) is 12.3 Å². The highest BCUT2D eigenvalue weighted by Crippen LogP contribution is 2.40. The van der Waals surface area contributed by atoms with Gasteiger partial charge in [0, 0.05) is 60.7 Å². The third kappa shape index (κ3) is 3.53. The van der Waals surface area contributed by atoms with Crippen molar-refractivity contribution >= 4 is 33.4 Å². The highest BCUT2D eigenvalue weighted by molar-refractivity contribution is 7.87. The van der Waals surface area contributed by atoms with Crippen LogP contribution in [0.4, 0.5) is 11.8 Å². The zero-order valence-corrected chi connectivity index (χ0v) is 19.9. The zero-order valence-electron chi connectivity index (χ0n) is 19.1. The predicted octanol–water partition coefficient (Wildman–Crippen LogP) is 3.69. The van der Waals surface area contributed by atoms with Crippen LogP contribution in [0.1, 0.15) is 24.0 Å². The van der Waals surface area contributed by atoms with Gasteiger partial charge in [-0.2, -0.15) is 4.98 Å². The molecule has 3 aromatic rings. The fourth-order valence-corrected chi connectivity index (χ4v) is 7.38. The SMILES string of the molecule is Cc1ccc2nc(N3CCS(=NC4CC4)c4ccccc4C3)nc(N3CC4(CNC4)C3)c2c1. The van der Waals surface area contributed by atoms with E-state index in [1.54, 1.807) is 0 Å². The van der Waals surface area contributed by atoms with Gasteiger partial charge in [-0.15, -0.1) is 0 Å². The summed E-state index contributed by atoms with van der Waals surface area (Å²) in [4.78, 5) is 16.6. The molecule has 1 saturated carbocycles. The molecule has 2 aromatic carbocycles. The molecule has 3 aliphatic heterocycles. The normalized spacial score (nSPS) is 23.8. The van der Waals surface area contributed by atoms with E-state index in [1.165, 1.54) is 34.3 Å². The van der Waals surface area contributed by atoms with Gasteiger partial charge in [-0.05, 0) is 43.5 Å². The van der Waals surface area contributed by atoms with E-state index in [9.17, 15) is 0 Å². The number of anilines is 2. The summed E-state index contributed by atoms with van der Waals surface area (Å²) < 4.78 is 5.18. The standard InChI is InChI=1S/C26H30N6S/c1-18-6-9-22-21(12-18)24(32-16-26(17-32)14-27-15-26)29-25(28-22)31-10-11-33(30-20-7-8-20)23-5-3-2-4-19(23)13-31/h2-6,9,12,20,27H,7-8,10-11,13-17H2,1H3. The van der Waals surface area contributed by atoms with Crippen molar-refractivity contribution in [2.45, 2.75) is 37.2 Å². The summed E-state index contributed by atoms with van der Waals surface area (Å²) in [6.07, 6.45) is 2.53. The van der Waals surface area contributed by atoms with Gasteiger partial charge in [0.25, 0.3) is 0 Å². The van der Waals surface area contributed by atoms with Crippen molar-refractivity contribution < 1.29 is 0 Å². The number of nitrogens with zero attached hydrogens (tertiary/aromatic N) is 5. The summed E-state index contributed by atoms with van der Waals surface area (Å²) in [6.45, 7) is 8.39. The first-order valence-electron chi connectivity index (χ1n) is 12.1. The summed E-state index contributed by atoms with van der Waals surface area (Å²) in [5.41, 5.74) is 4.14. The van der Waals surface area contributed by atoms with Crippen LogP contribution < -0.4 is 15.1 Å². The Morgan fingerprint density at radius 1 is 1.06 bits per heavy atom. The van der Waals surface area contributed by atoms with Gasteiger partial charge in [0.1, 0.15) is 5.82 Å². The lowest BCUT2D eigenvalue weighted by molar-refractivity contribution is 0.121. The number of rotatable bonds is 3. The summed E-state index contributed by atoms with van der Waals surface area (Å²) >= 11 is 0. The Balaban J connectivity index is 1.28. The molecule has 3 fully saturated rings. The molecule has 4 heterocycles. The second-order valence-corrected chi connectivity index (χ2v) is 12.1. The Labute approximate surface area is 197 Å². The van der Waals surface area contributed by atoms with Crippen LogP contribution in [-0.4, -0.2) is 54.5 Å². The first-order valence-corrected chi connectivity index (χ1v) is 13.5. The molecule has 6 nitrogen and oxygen atoms in total. The van der Waals surface area contributed by atoms with Crippen molar-refractivity contribution in [2.24, 2.45) is 9.78 Å². The van der Waals surface area contributed by atoms with Crippen molar-refractivity contribution in [3.63, 3.8) is 0 Å². The van der Waals surface area contributed by atoms with Crippen LogP contribution >= 0.6 is 0 Å². The van der Waals surface area contributed by atoms with Crippen LogP contribution in [0.25, 0.3) is 10.9 Å². The molecular formula is C26H30N6S. The second-order valence-electron chi connectivity index (χ2n) is 10.3. The topological polar surface area (TPSA) is 56.7 Å². The number of aryl methyl sites for hydroxylation is 1. The highest BCUT2D eigenvalue weighted by Gasteiger charge is 2.48. The van der Waals surface area contributed by atoms with E-state index in [0.717, 1.165) is 62.3 Å². The first kappa shape index (κ1) is 19.9. The maximum Gasteiger partial charge on any atom is 0.228 e. The summed E-state index contributed by atoms with van der Waals surface area (Å²) in [5, 5.41) is 4.63. The average molecular weight is 459 g/mol. The molecule has 0 radical (unpaired) electrons. The van der Waals surface area contributed by atoms with E-state index >= 15 is 0 Å². The molecule has 7 rings (SSSR count). The molecule has 170 valence electrons. The molecule has 0 bridgehead atoms. The third-order valence-corrected chi connectivity index (χ3v) is 9.45. The Hall–Kier alpha value is -2.51. The van der Waals surface area contributed by atoms with Crippen molar-refractivity contribution in [1.29, 1.82) is 0 Å². The average Bonchev–Trinajstić information content (AvgIpc) is 3.59. The van der Waals surface area contributed by atoms with E-state index in [0.29, 0.717) is 11.5 Å². The van der Waals surface area contributed by atoms with E-state index in [2.05, 4.69) is 64.5 Å². The summed E-state index contributed by atoms with van der Waals surface area (Å²) in [6, 6.07) is 16.0. The largest absolute Gasteiger partial charge is 0.354 e. The number of hydrogen-bond acceptors (Lipinski definition) is 6. The van der Waals surface area contributed by atoms with Gasteiger partial charge in [-0.1, -0.05) is 40.5 Å². The van der Waals surface area contributed by atoms with Gasteiger partial charge in [-0.3, -0.25) is 4.36 Å². The fraction of sp³-hybridized carbons (Fsp3) is 0.462. The number of fused-ring (bicyclic) bond motifs is 2. The molecule has 7 heteroatoms. The minimum Gasteiger partial charge on any atom is -0.354 e. The van der Waals surface area contributed by atoms with Crippen LogP contribution in [0.5, 0.6) is 0 Å². The van der Waals surface area contributed by atoms with Gasteiger partial charge in [-0.25, -0.2) is 4.98 Å². The molecule has 1 aliphatic carbocycles. The van der Waals surface area contributed by atoms with E-state index in [1.807, 2.05) is 0 Å². The van der Waals surface area contributed by atoms with E-state index < -0.39 is 0 Å². The fourth-order valence-electron chi connectivity index (χ4n) is 5.31. The molecule has 1 unspecified atom stereocenters. The predicted molar refractivity (Wildman–Crippen MR) is 135 cm³/mol. The Morgan fingerprint density at radius 3 is 2.70 bits per heavy atom. The minimum atomic E-state index is -0.0274. The van der Waals surface area contributed by atoms with E-state index in [4.69, 9.17) is 14.3 Å². The van der Waals surface area contributed by atoms with Crippen LogP contribution in [-0.2, 0) is 17.2 Å². The Kier molecular flexibility index (Phi) is 4.53. The lowest BCUT2D eigenvalue weighted by Gasteiger charge is -2.56. The van der Waals surface area contributed by atoms with Gasteiger partial charge >= 0.3 is 0 Å². The molecular weight excluding hydrogens is 428 g/mol. The Morgan fingerprint density at radius 2 is 1.91 bits per heavy atom. The monoisotopic (exact) mass is 458 g/mol. The number of benzene rings is 2. The molecule has 1 atom stereocenters. The quantitative estimate of drug-likeness (QED) is 0.649. The molecule has 4 aliphatic rings. The van der Waals surface area contributed by atoms with Crippen molar-refractivity contribution in [1.82, 2.24) is 15.3 Å². The summed E-state index contributed by atoms with van der Waals surface area (Å²) in [7, 11) is -0.0274. The Bertz CT molecular complexity index is 1270. The van der Waals surface area contributed by atoms with Gasteiger partial charge < -0.3 is 15.1 Å². The molecule has 1 aromatic heterocycles. The maximum atomic E-state index is 5.22. The van der Waals surface area contributed by atoms with Crippen molar-refractivity contribution in [3.05, 3.63) is 53.6 Å². The highest BCUT2D eigenvalue weighted by atomic mass is 32.2.